The van der Waals surface area contributed by atoms with Crippen LogP contribution in [0.15, 0.2) is 42.5 Å². The Bertz CT molecular complexity index is 864. The molecule has 1 amide bonds. The van der Waals surface area contributed by atoms with E-state index >= 15 is 0 Å². The lowest BCUT2D eigenvalue weighted by Crippen LogP contribution is -2.28. The van der Waals surface area contributed by atoms with Crippen molar-refractivity contribution in [3.05, 3.63) is 63.7 Å². The minimum absolute atomic E-state index is 0.0159. The number of carbonyl (C=O) groups is 2. The molecule has 2 aromatic carbocycles. The molecule has 0 saturated carbocycles. The normalized spacial score (nSPS) is 10.1. The van der Waals surface area contributed by atoms with Gasteiger partial charge >= 0.3 is 5.97 Å². The van der Waals surface area contributed by atoms with Crippen LogP contribution in [0.4, 0.5) is 11.4 Å². The fourth-order valence-corrected chi connectivity index (χ4v) is 2.39. The van der Waals surface area contributed by atoms with Gasteiger partial charge in [0.25, 0.3) is 11.6 Å². The number of nitro benzene ring substituents is 1. The van der Waals surface area contributed by atoms with Crippen molar-refractivity contribution < 1.29 is 24.0 Å². The predicted octanol–water partition coefficient (Wildman–Crippen LogP) is 2.14. The molecule has 0 aliphatic heterocycles. The largest absolute Gasteiger partial charge is 0.497 e. The number of hydrogen-bond acceptors (Lipinski definition) is 7. The minimum Gasteiger partial charge on any atom is -0.497 e. The van der Waals surface area contributed by atoms with Gasteiger partial charge in [-0.1, -0.05) is 12.1 Å². The van der Waals surface area contributed by atoms with Gasteiger partial charge in [-0.3, -0.25) is 14.9 Å². The number of ether oxygens (including phenoxy) is 2. The fraction of sp³-hybridized carbons (Fsp3) is 0.263. The number of carbonyl (C=O) groups excluding carboxylic acids is 2. The SMILES string of the molecule is COc1ccc(CNC(=O)COC(=O)c2cc([N+](=O)[O-])ccc2N(C)C)cc1. The number of benzene rings is 2. The van der Waals surface area contributed by atoms with Gasteiger partial charge < -0.3 is 19.7 Å². The van der Waals surface area contributed by atoms with Crippen LogP contribution in [0, 0.1) is 10.1 Å². The first-order valence-electron chi connectivity index (χ1n) is 8.34. The molecule has 2 aromatic rings. The van der Waals surface area contributed by atoms with E-state index in [0.29, 0.717) is 11.4 Å². The van der Waals surface area contributed by atoms with E-state index in [2.05, 4.69) is 5.32 Å². The maximum Gasteiger partial charge on any atom is 0.341 e. The molecule has 0 aliphatic carbocycles. The Balaban J connectivity index is 1.96. The van der Waals surface area contributed by atoms with Gasteiger partial charge in [0.05, 0.1) is 23.3 Å². The highest BCUT2D eigenvalue weighted by atomic mass is 16.6. The van der Waals surface area contributed by atoms with Crippen molar-refractivity contribution in [2.24, 2.45) is 0 Å². The van der Waals surface area contributed by atoms with Crippen molar-refractivity contribution >= 4 is 23.3 Å². The molecule has 0 radical (unpaired) electrons. The Morgan fingerprint density at radius 2 is 1.82 bits per heavy atom. The van der Waals surface area contributed by atoms with Crippen molar-refractivity contribution in [3.63, 3.8) is 0 Å². The molecule has 148 valence electrons. The summed E-state index contributed by atoms with van der Waals surface area (Å²) in [5.74, 6) is -0.592. The van der Waals surface area contributed by atoms with Gasteiger partial charge in [-0.05, 0) is 23.8 Å². The molecule has 0 bridgehead atoms. The average Bonchev–Trinajstić information content (AvgIpc) is 2.70. The third-order valence-electron chi connectivity index (χ3n) is 3.88. The number of hydrogen-bond donors (Lipinski definition) is 1. The molecule has 0 unspecified atom stereocenters. The second kappa shape index (κ2) is 9.36. The van der Waals surface area contributed by atoms with Crippen molar-refractivity contribution in [1.82, 2.24) is 5.32 Å². The van der Waals surface area contributed by atoms with Crippen LogP contribution >= 0.6 is 0 Å². The topological polar surface area (TPSA) is 111 Å². The van der Waals surface area contributed by atoms with Crippen LogP contribution in [-0.2, 0) is 16.1 Å². The lowest BCUT2D eigenvalue weighted by atomic mass is 10.1. The van der Waals surface area contributed by atoms with E-state index in [9.17, 15) is 19.7 Å². The number of anilines is 1. The Labute approximate surface area is 162 Å². The van der Waals surface area contributed by atoms with Crippen LogP contribution in [0.1, 0.15) is 15.9 Å². The smallest absolute Gasteiger partial charge is 0.341 e. The molecule has 0 atom stereocenters. The van der Waals surface area contributed by atoms with Gasteiger partial charge in [0.2, 0.25) is 0 Å². The van der Waals surface area contributed by atoms with Gasteiger partial charge in [-0.25, -0.2) is 4.79 Å². The first-order chi connectivity index (χ1) is 13.3. The summed E-state index contributed by atoms with van der Waals surface area (Å²) >= 11 is 0. The van der Waals surface area contributed by atoms with Crippen LogP contribution in [0.5, 0.6) is 5.75 Å². The van der Waals surface area contributed by atoms with Gasteiger partial charge in [0, 0.05) is 32.8 Å². The van der Waals surface area contributed by atoms with Crippen LogP contribution in [-0.4, -0.2) is 44.6 Å². The molecular weight excluding hydrogens is 366 g/mol. The zero-order chi connectivity index (χ0) is 20.7. The summed E-state index contributed by atoms with van der Waals surface area (Å²) in [6.07, 6.45) is 0. The maximum absolute atomic E-state index is 12.3. The zero-order valence-electron chi connectivity index (χ0n) is 15.8. The zero-order valence-corrected chi connectivity index (χ0v) is 15.8. The van der Waals surface area contributed by atoms with Crippen molar-refractivity contribution in [2.45, 2.75) is 6.54 Å². The highest BCUT2D eigenvalue weighted by molar-refractivity contribution is 5.97. The number of esters is 1. The Kier molecular flexibility index (Phi) is 6.91. The molecule has 0 heterocycles. The number of nitro groups is 1. The summed E-state index contributed by atoms with van der Waals surface area (Å²) in [5.41, 5.74) is 1.09. The van der Waals surface area contributed by atoms with Crippen molar-refractivity contribution in [2.75, 3.05) is 32.7 Å². The number of non-ortho nitro benzene ring substituents is 1. The highest BCUT2D eigenvalue weighted by Crippen LogP contribution is 2.24. The third kappa shape index (κ3) is 5.44. The monoisotopic (exact) mass is 387 g/mol. The first-order valence-corrected chi connectivity index (χ1v) is 8.34. The molecule has 28 heavy (non-hydrogen) atoms. The van der Waals surface area contributed by atoms with Crippen LogP contribution in [0.3, 0.4) is 0 Å². The predicted molar refractivity (Wildman–Crippen MR) is 103 cm³/mol. The summed E-state index contributed by atoms with van der Waals surface area (Å²) in [5, 5.41) is 13.6. The molecule has 9 heteroatoms. The summed E-state index contributed by atoms with van der Waals surface area (Å²) < 4.78 is 10.1. The fourth-order valence-electron chi connectivity index (χ4n) is 2.39. The van der Waals surface area contributed by atoms with E-state index < -0.39 is 23.4 Å². The molecule has 1 N–H and O–H groups in total. The number of methoxy groups -OCH3 is 1. The van der Waals surface area contributed by atoms with Gasteiger partial charge in [0.15, 0.2) is 6.61 Å². The number of nitrogens with zero attached hydrogens (tertiary/aromatic N) is 2. The molecule has 0 saturated heterocycles. The Hall–Kier alpha value is -3.62. The lowest BCUT2D eigenvalue weighted by molar-refractivity contribution is -0.384. The molecule has 2 rings (SSSR count). The Morgan fingerprint density at radius 1 is 1.14 bits per heavy atom. The molecule has 9 nitrogen and oxygen atoms in total. The quantitative estimate of drug-likeness (QED) is 0.420. The molecular formula is C19H21N3O6. The first kappa shape index (κ1) is 20.7. The summed E-state index contributed by atoms with van der Waals surface area (Å²) in [7, 11) is 4.95. The molecule has 0 aliphatic rings. The molecule has 0 aromatic heterocycles. The van der Waals surface area contributed by atoms with E-state index in [4.69, 9.17) is 9.47 Å². The summed E-state index contributed by atoms with van der Waals surface area (Å²) in [6.45, 7) is -0.231. The number of nitrogens with one attached hydrogen (secondary N) is 1. The van der Waals surface area contributed by atoms with E-state index in [0.717, 1.165) is 11.6 Å². The van der Waals surface area contributed by atoms with Crippen molar-refractivity contribution in [1.29, 1.82) is 0 Å². The van der Waals surface area contributed by atoms with E-state index in [1.165, 1.54) is 12.1 Å². The number of rotatable bonds is 8. The van der Waals surface area contributed by atoms with Gasteiger partial charge in [-0.15, -0.1) is 0 Å². The van der Waals surface area contributed by atoms with Crippen LogP contribution < -0.4 is 15.0 Å². The summed E-state index contributed by atoms with van der Waals surface area (Å²) in [4.78, 5) is 36.2. The molecule has 0 fully saturated rings. The highest BCUT2D eigenvalue weighted by Gasteiger charge is 2.20. The van der Waals surface area contributed by atoms with Crippen molar-refractivity contribution in [3.8, 4) is 5.75 Å². The van der Waals surface area contributed by atoms with Crippen LogP contribution in [0.25, 0.3) is 0 Å². The molecule has 0 spiro atoms. The average molecular weight is 387 g/mol. The van der Waals surface area contributed by atoms with Crippen LogP contribution in [0.2, 0.25) is 0 Å². The number of amides is 1. The van der Waals surface area contributed by atoms with E-state index in [-0.39, 0.29) is 17.8 Å². The van der Waals surface area contributed by atoms with E-state index in [1.54, 1.807) is 50.4 Å². The van der Waals surface area contributed by atoms with Gasteiger partial charge in [0.1, 0.15) is 5.75 Å². The second-order valence-corrected chi connectivity index (χ2v) is 6.05. The maximum atomic E-state index is 12.3. The lowest BCUT2D eigenvalue weighted by Gasteiger charge is -2.16. The third-order valence-corrected chi connectivity index (χ3v) is 3.88. The standard InChI is InChI=1S/C19H21N3O6/c1-21(2)17-9-6-14(22(25)26)10-16(17)19(24)28-12-18(23)20-11-13-4-7-15(27-3)8-5-13/h4-10H,11-12H2,1-3H3,(H,20,23). The summed E-state index contributed by atoms with van der Waals surface area (Å²) in [6, 6.07) is 11.0. The Morgan fingerprint density at radius 3 is 2.39 bits per heavy atom. The van der Waals surface area contributed by atoms with E-state index in [1.807, 2.05) is 0 Å². The second-order valence-electron chi connectivity index (χ2n) is 6.05. The van der Waals surface area contributed by atoms with Gasteiger partial charge in [-0.2, -0.15) is 0 Å². The minimum atomic E-state index is -0.813.